The van der Waals surface area contributed by atoms with E-state index in [1.807, 2.05) is 43.3 Å². The summed E-state index contributed by atoms with van der Waals surface area (Å²) in [6.45, 7) is 1.98. The van der Waals surface area contributed by atoms with Gasteiger partial charge in [0, 0.05) is 24.3 Å². The third-order valence-electron chi connectivity index (χ3n) is 3.19. The molecule has 0 saturated heterocycles. The number of hydrogen-bond donors (Lipinski definition) is 1. The first-order valence-corrected chi connectivity index (χ1v) is 7.74. The number of nitrogens with one attached hydrogen (secondary N) is 1. The lowest BCUT2D eigenvalue weighted by Crippen LogP contribution is -2.27. The number of anilines is 1. The molecule has 0 aliphatic carbocycles. The summed E-state index contributed by atoms with van der Waals surface area (Å²) in [5.74, 6) is 0. The second-order valence-corrected chi connectivity index (χ2v) is 6.23. The first-order valence-electron chi connectivity index (χ1n) is 6.99. The van der Waals surface area contributed by atoms with Crippen molar-refractivity contribution in [2.75, 3.05) is 32.5 Å². The number of aromatic nitrogens is 1. The molecular formula is C16H19Cl2N3O. The molecule has 2 rings (SSSR count). The molecular weight excluding hydrogens is 321 g/mol. The first kappa shape index (κ1) is 16.9. The van der Waals surface area contributed by atoms with Gasteiger partial charge in [-0.1, -0.05) is 35.3 Å². The van der Waals surface area contributed by atoms with E-state index >= 15 is 0 Å². The molecule has 6 heteroatoms. The molecule has 1 N–H and O–H groups in total. The molecule has 1 heterocycles. The fraction of sp³-hybridized carbons (Fsp3) is 0.312. The van der Waals surface area contributed by atoms with Gasteiger partial charge < -0.3 is 14.8 Å². The van der Waals surface area contributed by atoms with Crippen LogP contribution < -0.4 is 10.9 Å². The molecule has 1 aromatic heterocycles. The average molecular weight is 340 g/mol. The lowest BCUT2D eigenvalue weighted by atomic mass is 10.2. The molecule has 0 unspecified atom stereocenters. The zero-order chi connectivity index (χ0) is 16.1. The topological polar surface area (TPSA) is 37.3 Å². The summed E-state index contributed by atoms with van der Waals surface area (Å²) in [6, 6.07) is 9.08. The van der Waals surface area contributed by atoms with Crippen molar-refractivity contribution >= 4 is 28.9 Å². The number of hydrogen-bond acceptors (Lipinski definition) is 3. The Labute approximate surface area is 140 Å². The smallest absolute Gasteiger partial charge is 0.274 e. The molecule has 0 spiro atoms. The Bertz CT molecular complexity index is 681. The van der Waals surface area contributed by atoms with Gasteiger partial charge in [-0.05, 0) is 37.9 Å². The molecule has 0 bridgehead atoms. The molecule has 22 heavy (non-hydrogen) atoms. The number of rotatable bonds is 6. The van der Waals surface area contributed by atoms with Crippen LogP contribution in [0.25, 0.3) is 0 Å². The fourth-order valence-electron chi connectivity index (χ4n) is 2.04. The molecule has 0 radical (unpaired) electrons. The van der Waals surface area contributed by atoms with E-state index in [9.17, 15) is 4.79 Å². The molecule has 0 aliphatic rings. The molecule has 0 fully saturated rings. The second kappa shape index (κ2) is 7.68. The molecule has 0 atom stereocenters. The van der Waals surface area contributed by atoms with Gasteiger partial charge >= 0.3 is 0 Å². The highest BCUT2D eigenvalue weighted by Crippen LogP contribution is 2.14. The van der Waals surface area contributed by atoms with Crippen molar-refractivity contribution in [2.24, 2.45) is 0 Å². The Balaban J connectivity index is 2.19. The third kappa shape index (κ3) is 4.77. The molecule has 4 nitrogen and oxygen atoms in total. The average Bonchev–Trinajstić information content (AvgIpc) is 2.45. The van der Waals surface area contributed by atoms with Crippen LogP contribution in [-0.2, 0) is 6.54 Å². The number of nitrogens with zero attached hydrogens (tertiary/aromatic N) is 2. The minimum absolute atomic E-state index is 0.0851. The Morgan fingerprint density at radius 2 is 1.82 bits per heavy atom. The van der Waals surface area contributed by atoms with Gasteiger partial charge in [-0.25, -0.2) is 0 Å². The predicted octanol–water partition coefficient (Wildman–Crippen LogP) is 3.18. The van der Waals surface area contributed by atoms with Crippen LogP contribution in [0.3, 0.4) is 0 Å². The Morgan fingerprint density at radius 3 is 2.45 bits per heavy atom. The van der Waals surface area contributed by atoms with Crippen LogP contribution in [-0.4, -0.2) is 36.7 Å². The van der Waals surface area contributed by atoms with Crippen molar-refractivity contribution in [1.82, 2.24) is 9.47 Å². The maximum Gasteiger partial charge on any atom is 0.274 e. The predicted molar refractivity (Wildman–Crippen MR) is 93.3 cm³/mol. The molecule has 0 saturated carbocycles. The van der Waals surface area contributed by atoms with E-state index in [0.717, 1.165) is 12.1 Å². The highest BCUT2D eigenvalue weighted by Gasteiger charge is 2.07. The highest BCUT2D eigenvalue weighted by molar-refractivity contribution is 6.30. The molecule has 0 aliphatic heterocycles. The van der Waals surface area contributed by atoms with Gasteiger partial charge in [0.25, 0.3) is 5.56 Å². The molecule has 2 aromatic rings. The van der Waals surface area contributed by atoms with Gasteiger partial charge in [0.05, 0.1) is 11.6 Å². The van der Waals surface area contributed by atoms with Crippen molar-refractivity contribution < 1.29 is 0 Å². The molecule has 118 valence electrons. The standard InChI is InChI=1S/C16H19Cl2N3O/c1-20(2)8-7-19-15-9-14(18)11-21(16(15)22)10-12-3-5-13(17)6-4-12/h3-6,9,11,19H,7-8,10H2,1-2H3. The van der Waals surface area contributed by atoms with Gasteiger partial charge in [0.1, 0.15) is 5.69 Å². The molecule has 0 amide bonds. The van der Waals surface area contributed by atoms with Crippen molar-refractivity contribution in [3.63, 3.8) is 0 Å². The lowest BCUT2D eigenvalue weighted by molar-refractivity contribution is 0.425. The number of halogens is 2. The monoisotopic (exact) mass is 339 g/mol. The maximum atomic E-state index is 12.5. The normalized spacial score (nSPS) is 11.0. The highest BCUT2D eigenvalue weighted by atomic mass is 35.5. The van der Waals surface area contributed by atoms with Gasteiger partial charge in [-0.2, -0.15) is 0 Å². The van der Waals surface area contributed by atoms with Gasteiger partial charge in [0.2, 0.25) is 0 Å². The zero-order valence-electron chi connectivity index (χ0n) is 12.6. The lowest BCUT2D eigenvalue weighted by Gasteiger charge is -2.13. The van der Waals surface area contributed by atoms with Crippen molar-refractivity contribution in [3.8, 4) is 0 Å². The van der Waals surface area contributed by atoms with E-state index in [1.54, 1.807) is 16.8 Å². The quantitative estimate of drug-likeness (QED) is 0.878. The largest absolute Gasteiger partial charge is 0.379 e. The van der Waals surface area contributed by atoms with Crippen LogP contribution in [0.2, 0.25) is 10.0 Å². The van der Waals surface area contributed by atoms with Crippen molar-refractivity contribution in [3.05, 3.63) is 62.5 Å². The Morgan fingerprint density at radius 1 is 1.14 bits per heavy atom. The zero-order valence-corrected chi connectivity index (χ0v) is 14.2. The number of likely N-dealkylation sites (N-methyl/N-ethyl adjacent to an activating group) is 1. The van der Waals surface area contributed by atoms with Crippen LogP contribution in [0.4, 0.5) is 5.69 Å². The van der Waals surface area contributed by atoms with E-state index in [2.05, 4.69) is 5.32 Å². The van der Waals surface area contributed by atoms with Gasteiger partial charge in [-0.3, -0.25) is 4.79 Å². The fourth-order valence-corrected chi connectivity index (χ4v) is 2.40. The van der Waals surface area contributed by atoms with Gasteiger partial charge in [0.15, 0.2) is 0 Å². The second-order valence-electron chi connectivity index (χ2n) is 5.36. The SMILES string of the molecule is CN(C)CCNc1cc(Cl)cn(Cc2ccc(Cl)cc2)c1=O. The number of pyridine rings is 1. The summed E-state index contributed by atoms with van der Waals surface area (Å²) in [6.07, 6.45) is 1.65. The van der Waals surface area contributed by atoms with E-state index in [1.165, 1.54) is 0 Å². The number of benzene rings is 1. The Hall–Kier alpha value is -1.49. The first-order chi connectivity index (χ1) is 10.5. The summed E-state index contributed by atoms with van der Waals surface area (Å²) in [5.41, 5.74) is 1.43. The van der Waals surface area contributed by atoms with Crippen molar-refractivity contribution in [1.29, 1.82) is 0 Å². The van der Waals surface area contributed by atoms with Crippen molar-refractivity contribution in [2.45, 2.75) is 6.54 Å². The van der Waals surface area contributed by atoms with Crippen LogP contribution in [0.1, 0.15) is 5.56 Å². The summed E-state index contributed by atoms with van der Waals surface area (Å²) >= 11 is 12.0. The van der Waals surface area contributed by atoms with E-state index < -0.39 is 0 Å². The van der Waals surface area contributed by atoms with Crippen LogP contribution >= 0.6 is 23.2 Å². The third-order valence-corrected chi connectivity index (χ3v) is 3.65. The maximum absolute atomic E-state index is 12.5. The van der Waals surface area contributed by atoms with Crippen LogP contribution in [0.15, 0.2) is 41.3 Å². The van der Waals surface area contributed by atoms with E-state index in [0.29, 0.717) is 28.8 Å². The van der Waals surface area contributed by atoms with Gasteiger partial charge in [-0.15, -0.1) is 0 Å². The Kier molecular flexibility index (Phi) is 5.89. The van der Waals surface area contributed by atoms with E-state index in [-0.39, 0.29) is 5.56 Å². The summed E-state index contributed by atoms with van der Waals surface area (Å²) < 4.78 is 1.60. The van der Waals surface area contributed by atoms with Crippen LogP contribution in [0, 0.1) is 0 Å². The summed E-state index contributed by atoms with van der Waals surface area (Å²) in [7, 11) is 3.97. The van der Waals surface area contributed by atoms with Crippen LogP contribution in [0.5, 0.6) is 0 Å². The molecule has 1 aromatic carbocycles. The summed E-state index contributed by atoms with van der Waals surface area (Å²) in [5, 5.41) is 4.34. The van der Waals surface area contributed by atoms with E-state index in [4.69, 9.17) is 23.2 Å². The minimum atomic E-state index is -0.0851. The summed E-state index contributed by atoms with van der Waals surface area (Å²) in [4.78, 5) is 14.5. The minimum Gasteiger partial charge on any atom is -0.379 e.